The van der Waals surface area contributed by atoms with E-state index in [0.29, 0.717) is 0 Å². The van der Waals surface area contributed by atoms with E-state index in [9.17, 15) is 0 Å². The van der Waals surface area contributed by atoms with E-state index in [4.69, 9.17) is 7.10 Å². The highest BCUT2D eigenvalue weighted by Gasteiger charge is 2.13. The van der Waals surface area contributed by atoms with Crippen LogP contribution in [0.25, 0.3) is 0 Å². The van der Waals surface area contributed by atoms with Gasteiger partial charge in [0.15, 0.2) is 0 Å². The summed E-state index contributed by atoms with van der Waals surface area (Å²) < 4.78 is 7.31. The molecular formula is C11H17N. The highest BCUT2D eigenvalue weighted by Crippen LogP contribution is 2.24. The molecule has 2 N–H and O–H groups in total. The highest BCUT2D eigenvalue weighted by molar-refractivity contribution is 5.48. The summed E-state index contributed by atoms with van der Waals surface area (Å²) in [6, 6.07) is 5.96. The van der Waals surface area contributed by atoms with Gasteiger partial charge in [-0.15, -0.1) is 0 Å². The Labute approximate surface area is 76.0 Å². The first-order valence-corrected chi connectivity index (χ1v) is 4.13. The third-order valence-electron chi connectivity index (χ3n) is 2.01. The zero-order valence-corrected chi connectivity index (χ0v) is 8.02. The van der Waals surface area contributed by atoms with E-state index in [0.717, 1.165) is 11.3 Å². The summed E-state index contributed by atoms with van der Waals surface area (Å²) in [7, 11) is 0. The van der Waals surface area contributed by atoms with E-state index in [2.05, 4.69) is 20.8 Å². The number of rotatable bonds is 0. The van der Waals surface area contributed by atoms with Crippen molar-refractivity contribution in [2.24, 2.45) is 0 Å². The van der Waals surface area contributed by atoms with E-state index < -0.39 is 0 Å². The van der Waals surface area contributed by atoms with E-state index in [1.165, 1.54) is 5.56 Å². The van der Waals surface area contributed by atoms with E-state index in [1.54, 1.807) is 0 Å². The Balaban J connectivity index is 3.14. The van der Waals surface area contributed by atoms with Crippen LogP contribution in [0.3, 0.4) is 0 Å². The molecular weight excluding hydrogens is 146 g/mol. The van der Waals surface area contributed by atoms with Crippen LogP contribution in [0.1, 0.15) is 33.3 Å². The zero-order valence-electron chi connectivity index (χ0n) is 9.02. The smallest absolute Gasteiger partial charge is 0.0343 e. The quantitative estimate of drug-likeness (QED) is 0.586. The zero-order chi connectivity index (χ0) is 10.1. The Morgan fingerprint density at radius 1 is 1.33 bits per heavy atom. The Kier molecular flexibility index (Phi) is 1.80. The van der Waals surface area contributed by atoms with Crippen LogP contribution in [0, 0.1) is 6.90 Å². The van der Waals surface area contributed by atoms with E-state index in [1.807, 2.05) is 18.2 Å². The molecule has 0 aliphatic carbocycles. The van der Waals surface area contributed by atoms with Gasteiger partial charge in [-0.2, -0.15) is 0 Å². The molecule has 12 heavy (non-hydrogen) atoms. The molecule has 0 amide bonds. The maximum Gasteiger partial charge on any atom is 0.0343 e. The number of nitrogens with two attached hydrogens (primary N) is 1. The number of benzene rings is 1. The minimum Gasteiger partial charge on any atom is -0.399 e. The molecule has 1 aromatic rings. The van der Waals surface area contributed by atoms with Gasteiger partial charge in [0.25, 0.3) is 0 Å². The summed E-state index contributed by atoms with van der Waals surface area (Å²) in [4.78, 5) is 0. The van der Waals surface area contributed by atoms with Gasteiger partial charge in [-0.1, -0.05) is 32.9 Å². The van der Waals surface area contributed by atoms with Crippen molar-refractivity contribution >= 4 is 5.69 Å². The molecule has 0 fully saturated rings. The molecule has 0 aliphatic rings. The third-order valence-corrected chi connectivity index (χ3v) is 2.01. The predicted molar refractivity (Wildman–Crippen MR) is 54.3 cm³/mol. The Morgan fingerprint density at radius 2 is 2.00 bits per heavy atom. The van der Waals surface area contributed by atoms with Crippen molar-refractivity contribution in [2.45, 2.75) is 33.1 Å². The highest BCUT2D eigenvalue weighted by atomic mass is 14.5. The van der Waals surface area contributed by atoms with Crippen LogP contribution in [0.4, 0.5) is 5.69 Å². The second kappa shape index (κ2) is 2.81. The number of nitrogen functional groups attached to an aromatic ring is 1. The number of anilines is 1. The van der Waals surface area contributed by atoms with Crippen molar-refractivity contribution in [2.75, 3.05) is 5.73 Å². The molecule has 0 atom stereocenters. The van der Waals surface area contributed by atoms with Crippen molar-refractivity contribution in [3.63, 3.8) is 0 Å². The molecule has 1 heteroatoms. The number of aryl methyl sites for hydroxylation is 1. The molecule has 0 saturated carbocycles. The van der Waals surface area contributed by atoms with Crippen molar-refractivity contribution < 1.29 is 1.37 Å². The van der Waals surface area contributed by atoms with Crippen LogP contribution in [-0.4, -0.2) is 0 Å². The number of hydrogen-bond acceptors (Lipinski definition) is 1. The van der Waals surface area contributed by atoms with Crippen molar-refractivity contribution in [3.8, 4) is 0 Å². The van der Waals surface area contributed by atoms with Crippen molar-refractivity contribution in [3.05, 3.63) is 29.3 Å². The van der Waals surface area contributed by atoms with Crippen LogP contribution in [0.15, 0.2) is 18.2 Å². The molecule has 1 nitrogen and oxygen atoms in total. The largest absolute Gasteiger partial charge is 0.399 e. The van der Waals surface area contributed by atoms with E-state index in [-0.39, 0.29) is 12.3 Å². The minimum atomic E-state index is 0.137. The average molecular weight is 164 g/mol. The lowest BCUT2D eigenvalue weighted by molar-refractivity contribution is 0.590. The predicted octanol–water partition coefficient (Wildman–Crippen LogP) is 2.87. The Hall–Kier alpha value is -0.980. The van der Waals surface area contributed by atoms with Gasteiger partial charge in [0.05, 0.1) is 0 Å². The van der Waals surface area contributed by atoms with Gasteiger partial charge < -0.3 is 5.73 Å². The van der Waals surface area contributed by atoms with Gasteiger partial charge in [-0.3, -0.25) is 0 Å². The Bertz CT molecular complexity index is 299. The summed E-state index contributed by atoms with van der Waals surface area (Å²) >= 11 is 0. The molecule has 1 rings (SSSR count). The second-order valence-electron chi connectivity index (χ2n) is 4.16. The van der Waals surface area contributed by atoms with Crippen LogP contribution in [0.5, 0.6) is 0 Å². The molecule has 0 saturated heterocycles. The molecule has 0 aliphatic heterocycles. The van der Waals surface area contributed by atoms with Crippen LogP contribution in [0.2, 0.25) is 0 Å². The first kappa shape index (κ1) is 7.66. The second-order valence-corrected chi connectivity index (χ2v) is 4.16. The van der Waals surface area contributed by atoms with Crippen LogP contribution >= 0.6 is 0 Å². The van der Waals surface area contributed by atoms with E-state index >= 15 is 0 Å². The third kappa shape index (κ3) is 1.79. The van der Waals surface area contributed by atoms with Gasteiger partial charge in [-0.25, -0.2) is 0 Å². The minimum absolute atomic E-state index is 0.137. The molecule has 0 bridgehead atoms. The lowest BCUT2D eigenvalue weighted by atomic mass is 9.86. The average Bonchev–Trinajstić information content (AvgIpc) is 2.03. The molecule has 1 aromatic carbocycles. The standard InChI is InChI=1S/C11H17N/c1-8-7-9(11(2,3)4)5-6-10(8)12/h5-7H,12H2,1-4H3/i1D. The summed E-state index contributed by atoms with van der Waals surface area (Å²) in [5.41, 5.74) is 8.75. The lowest BCUT2D eigenvalue weighted by Crippen LogP contribution is -2.11. The van der Waals surface area contributed by atoms with Gasteiger partial charge in [0, 0.05) is 7.06 Å². The lowest BCUT2D eigenvalue weighted by Gasteiger charge is -2.19. The van der Waals surface area contributed by atoms with Crippen LogP contribution in [-0.2, 0) is 5.41 Å². The van der Waals surface area contributed by atoms with Gasteiger partial charge in [0.2, 0.25) is 0 Å². The SMILES string of the molecule is [2H]Cc1cc(C(C)(C)C)ccc1N. The fourth-order valence-electron chi connectivity index (χ4n) is 1.07. The summed E-state index contributed by atoms with van der Waals surface area (Å²) in [5.74, 6) is 0. The monoisotopic (exact) mass is 164 g/mol. The fourth-order valence-corrected chi connectivity index (χ4v) is 1.07. The fraction of sp³-hybridized carbons (Fsp3) is 0.455. The molecule has 0 unspecified atom stereocenters. The number of hydrogen-bond donors (Lipinski definition) is 1. The molecule has 66 valence electrons. The van der Waals surface area contributed by atoms with Crippen molar-refractivity contribution in [1.82, 2.24) is 0 Å². The molecule has 0 aromatic heterocycles. The normalized spacial score (nSPS) is 12.8. The first-order chi connectivity index (χ1) is 5.95. The topological polar surface area (TPSA) is 26.0 Å². The molecule has 0 spiro atoms. The first-order valence-electron chi connectivity index (χ1n) is 4.84. The molecule has 0 heterocycles. The summed E-state index contributed by atoms with van der Waals surface area (Å²) in [6.45, 7) is 6.74. The molecule has 0 radical (unpaired) electrons. The summed E-state index contributed by atoms with van der Waals surface area (Å²) in [5, 5.41) is 0. The maximum atomic E-state index is 7.31. The van der Waals surface area contributed by atoms with Gasteiger partial charge in [0.1, 0.15) is 0 Å². The van der Waals surface area contributed by atoms with Crippen LogP contribution < -0.4 is 5.73 Å². The van der Waals surface area contributed by atoms with Crippen molar-refractivity contribution in [1.29, 1.82) is 0 Å². The van der Waals surface area contributed by atoms with Gasteiger partial charge in [-0.05, 0) is 29.5 Å². The summed E-state index contributed by atoms with van der Waals surface area (Å²) in [6.07, 6.45) is 0. The van der Waals surface area contributed by atoms with Gasteiger partial charge >= 0.3 is 0 Å². The maximum absolute atomic E-state index is 7.31. The Morgan fingerprint density at radius 3 is 2.50 bits per heavy atom.